The molecular weight excluding hydrogens is 491 g/mol. The highest BCUT2D eigenvalue weighted by Gasteiger charge is 2.64. The monoisotopic (exact) mass is 534 g/mol. The molecule has 204 valence electrons. The van der Waals surface area contributed by atoms with E-state index in [1.807, 2.05) is 91.0 Å². The van der Waals surface area contributed by atoms with Crippen LogP contribution in [0.4, 0.5) is 0 Å². The van der Waals surface area contributed by atoms with Crippen LogP contribution >= 0.6 is 7.14 Å². The molecule has 4 atom stereocenters. The van der Waals surface area contributed by atoms with Gasteiger partial charge < -0.3 is 19.1 Å². The first-order chi connectivity index (χ1) is 18.2. The minimum atomic E-state index is -3.46. The number of benzene rings is 3. The molecule has 4 rings (SSSR count). The fourth-order valence-corrected chi connectivity index (χ4v) is 9.99. The Morgan fingerprint density at radius 2 is 1.39 bits per heavy atom. The van der Waals surface area contributed by atoms with Crippen molar-refractivity contribution in [2.45, 2.75) is 58.6 Å². The maximum Gasteiger partial charge on any atom is 0.173 e. The molecule has 0 heterocycles. The standard InChI is InChI=1S/C33H43O4P/c1-25(2)29-21-22-32(3,4)33(34,30(29)24-37-23-26-15-9-6-10-16-26)31(36-5)38(35,27-17-11-7-12-18-27)28-19-13-8-14-20-28/h6-20,25,29-31,34H,21-24H2,1-5H3/t29-,30-,31?,33?/m0/s1. The average molecular weight is 535 g/mol. The van der Waals surface area contributed by atoms with Gasteiger partial charge in [-0.1, -0.05) is 119 Å². The van der Waals surface area contributed by atoms with Gasteiger partial charge in [-0.3, -0.25) is 0 Å². The van der Waals surface area contributed by atoms with Crippen LogP contribution in [0.1, 0.15) is 46.1 Å². The van der Waals surface area contributed by atoms with Gasteiger partial charge in [0, 0.05) is 23.6 Å². The molecule has 0 saturated heterocycles. The van der Waals surface area contributed by atoms with Crippen molar-refractivity contribution in [3.63, 3.8) is 0 Å². The molecule has 1 saturated carbocycles. The van der Waals surface area contributed by atoms with E-state index in [4.69, 9.17) is 9.47 Å². The van der Waals surface area contributed by atoms with Crippen molar-refractivity contribution >= 4 is 17.8 Å². The first-order valence-electron chi connectivity index (χ1n) is 13.7. The molecule has 1 aliphatic rings. The summed E-state index contributed by atoms with van der Waals surface area (Å²) in [6.45, 7) is 9.44. The molecule has 5 heteroatoms. The molecule has 0 aliphatic heterocycles. The van der Waals surface area contributed by atoms with Crippen LogP contribution in [0.5, 0.6) is 0 Å². The largest absolute Gasteiger partial charge is 0.386 e. The quantitative estimate of drug-likeness (QED) is 0.297. The van der Waals surface area contributed by atoms with Crippen molar-refractivity contribution in [1.82, 2.24) is 0 Å². The van der Waals surface area contributed by atoms with Gasteiger partial charge in [0.05, 0.1) is 13.2 Å². The van der Waals surface area contributed by atoms with Crippen LogP contribution in [0.15, 0.2) is 91.0 Å². The lowest BCUT2D eigenvalue weighted by Gasteiger charge is -2.58. The van der Waals surface area contributed by atoms with Crippen LogP contribution in [-0.4, -0.2) is 30.3 Å². The van der Waals surface area contributed by atoms with Crippen LogP contribution in [-0.2, 0) is 20.6 Å². The van der Waals surface area contributed by atoms with Crippen LogP contribution < -0.4 is 10.6 Å². The summed E-state index contributed by atoms with van der Waals surface area (Å²) in [6, 6.07) is 29.2. The van der Waals surface area contributed by atoms with E-state index in [1.165, 1.54) is 0 Å². The van der Waals surface area contributed by atoms with Crippen LogP contribution in [0.3, 0.4) is 0 Å². The summed E-state index contributed by atoms with van der Waals surface area (Å²) in [6.07, 6.45) is 1.79. The molecular formula is C33H43O4P. The Balaban J connectivity index is 1.84. The predicted molar refractivity (Wildman–Crippen MR) is 156 cm³/mol. The second-order valence-corrected chi connectivity index (χ2v) is 14.5. The van der Waals surface area contributed by atoms with E-state index >= 15 is 4.57 Å². The first kappa shape index (κ1) is 28.8. The van der Waals surface area contributed by atoms with Gasteiger partial charge in [-0.05, 0) is 35.7 Å². The first-order valence-corrected chi connectivity index (χ1v) is 15.5. The molecule has 0 bridgehead atoms. The molecule has 2 unspecified atom stereocenters. The molecule has 0 aromatic heterocycles. The van der Waals surface area contributed by atoms with E-state index in [-0.39, 0.29) is 11.8 Å². The predicted octanol–water partition coefficient (Wildman–Crippen LogP) is 6.63. The Labute approximate surface area is 228 Å². The minimum Gasteiger partial charge on any atom is -0.386 e. The van der Waals surface area contributed by atoms with Gasteiger partial charge in [0.15, 0.2) is 7.14 Å². The molecule has 1 aliphatic carbocycles. The number of hydrogen-bond acceptors (Lipinski definition) is 4. The Morgan fingerprint density at radius 1 is 0.895 bits per heavy atom. The molecule has 0 amide bonds. The van der Waals surface area contributed by atoms with Crippen molar-refractivity contribution in [1.29, 1.82) is 0 Å². The average Bonchev–Trinajstić information content (AvgIpc) is 2.93. The second-order valence-electron chi connectivity index (χ2n) is 11.7. The second kappa shape index (κ2) is 11.9. The fourth-order valence-electron chi connectivity index (χ4n) is 6.53. The molecule has 0 spiro atoms. The zero-order valence-electron chi connectivity index (χ0n) is 23.4. The number of methoxy groups -OCH3 is 1. The number of rotatable bonds is 10. The minimum absolute atomic E-state index is 0.196. The van der Waals surface area contributed by atoms with Gasteiger partial charge in [-0.2, -0.15) is 0 Å². The summed E-state index contributed by atoms with van der Waals surface area (Å²) in [5.41, 5.74) is -0.874. The normalized spacial score (nSPS) is 24.3. The number of ether oxygens (including phenoxy) is 2. The molecule has 38 heavy (non-hydrogen) atoms. The molecule has 4 nitrogen and oxygen atoms in total. The maximum atomic E-state index is 15.5. The van der Waals surface area contributed by atoms with Crippen molar-refractivity contribution in [2.75, 3.05) is 13.7 Å². The summed E-state index contributed by atoms with van der Waals surface area (Å²) in [7, 11) is -1.86. The summed E-state index contributed by atoms with van der Waals surface area (Å²) < 4.78 is 28.1. The van der Waals surface area contributed by atoms with E-state index in [0.717, 1.165) is 18.4 Å². The highest BCUT2D eigenvalue weighted by molar-refractivity contribution is 7.79. The van der Waals surface area contributed by atoms with Crippen molar-refractivity contribution in [3.05, 3.63) is 96.6 Å². The smallest absolute Gasteiger partial charge is 0.173 e. The van der Waals surface area contributed by atoms with Gasteiger partial charge in [-0.15, -0.1) is 0 Å². The molecule has 0 radical (unpaired) electrons. The summed E-state index contributed by atoms with van der Waals surface area (Å²) in [5.74, 6) is -0.683. The third-order valence-electron chi connectivity index (χ3n) is 8.74. The molecule has 1 N–H and O–H groups in total. The lowest BCUT2D eigenvalue weighted by atomic mass is 9.55. The van der Waals surface area contributed by atoms with Gasteiger partial charge in [-0.25, -0.2) is 0 Å². The third-order valence-corrected chi connectivity index (χ3v) is 12.1. The molecule has 1 fully saturated rings. The lowest BCUT2D eigenvalue weighted by Crippen LogP contribution is -2.66. The van der Waals surface area contributed by atoms with Gasteiger partial charge in [0.25, 0.3) is 0 Å². The van der Waals surface area contributed by atoms with E-state index in [0.29, 0.717) is 29.7 Å². The van der Waals surface area contributed by atoms with Crippen molar-refractivity contribution in [2.24, 2.45) is 23.2 Å². The van der Waals surface area contributed by atoms with Gasteiger partial charge in [0.2, 0.25) is 0 Å². The van der Waals surface area contributed by atoms with Crippen LogP contribution in [0, 0.1) is 23.2 Å². The topological polar surface area (TPSA) is 55.8 Å². The van der Waals surface area contributed by atoms with Gasteiger partial charge in [0.1, 0.15) is 11.4 Å². The number of aliphatic hydroxyl groups is 1. The third kappa shape index (κ3) is 5.29. The lowest BCUT2D eigenvalue weighted by molar-refractivity contribution is -0.217. The Hall–Kier alpha value is -2.23. The molecule has 3 aromatic carbocycles. The van der Waals surface area contributed by atoms with E-state index in [9.17, 15) is 5.11 Å². The summed E-state index contributed by atoms with van der Waals surface area (Å²) >= 11 is 0. The van der Waals surface area contributed by atoms with Crippen molar-refractivity contribution < 1.29 is 19.1 Å². The van der Waals surface area contributed by atoms with Crippen LogP contribution in [0.2, 0.25) is 0 Å². The Bertz CT molecular complexity index is 1150. The SMILES string of the molecule is COC(C1(O)[C@@H](COCc2ccccc2)[C@H](C(C)C)CCC1(C)C)P(=O)(c1ccccc1)c1ccccc1. The van der Waals surface area contributed by atoms with E-state index < -0.39 is 24.0 Å². The van der Waals surface area contributed by atoms with E-state index in [1.54, 1.807) is 7.11 Å². The summed E-state index contributed by atoms with van der Waals surface area (Å²) in [4.78, 5) is 0. The summed E-state index contributed by atoms with van der Waals surface area (Å²) in [5, 5.41) is 14.5. The van der Waals surface area contributed by atoms with Crippen molar-refractivity contribution in [3.8, 4) is 0 Å². The number of hydrogen-bond donors (Lipinski definition) is 1. The zero-order chi connectivity index (χ0) is 27.4. The van der Waals surface area contributed by atoms with Gasteiger partial charge >= 0.3 is 0 Å². The zero-order valence-corrected chi connectivity index (χ0v) is 24.3. The van der Waals surface area contributed by atoms with E-state index in [2.05, 4.69) is 27.7 Å². The van der Waals surface area contributed by atoms with Crippen LogP contribution in [0.25, 0.3) is 0 Å². The maximum absolute atomic E-state index is 15.5. The Morgan fingerprint density at radius 3 is 1.87 bits per heavy atom. The molecule has 3 aromatic rings. The highest BCUT2D eigenvalue weighted by Crippen LogP contribution is 2.63. The Kier molecular flexibility index (Phi) is 9.00. The fraction of sp³-hybridized carbons (Fsp3) is 0.455. The highest BCUT2D eigenvalue weighted by atomic mass is 31.2.